The van der Waals surface area contributed by atoms with Gasteiger partial charge in [-0.15, -0.1) is 0 Å². The van der Waals surface area contributed by atoms with Crippen LogP contribution in [-0.2, 0) is 20.5 Å². The number of hydrogen-bond acceptors (Lipinski definition) is 3. The molecule has 6 nitrogen and oxygen atoms in total. The van der Waals surface area contributed by atoms with Gasteiger partial charge in [-0.25, -0.2) is 4.68 Å². The maximum atomic E-state index is 13.8. The van der Waals surface area contributed by atoms with Crippen LogP contribution in [0.25, 0.3) is 0 Å². The Kier molecular flexibility index (Phi) is 4.12. The lowest BCUT2D eigenvalue weighted by Gasteiger charge is -2.34. The van der Waals surface area contributed by atoms with E-state index in [2.05, 4.69) is 24.3 Å². The molecule has 0 bridgehead atoms. The first-order chi connectivity index (χ1) is 13.1. The normalized spacial score (nSPS) is 21.3. The van der Waals surface area contributed by atoms with Gasteiger partial charge in [0.1, 0.15) is 11.2 Å². The summed E-state index contributed by atoms with van der Waals surface area (Å²) in [6.07, 6.45) is 1.74. The zero-order valence-electron chi connectivity index (χ0n) is 16.8. The highest BCUT2D eigenvalue weighted by Crippen LogP contribution is 2.54. The third kappa shape index (κ3) is 2.50. The molecular weight excluding hydrogens is 376 g/mol. The van der Waals surface area contributed by atoms with Crippen LogP contribution < -0.4 is 10.2 Å². The number of fused-ring (bicyclic) bond motifs is 4. The molecule has 3 heterocycles. The Labute approximate surface area is 169 Å². The van der Waals surface area contributed by atoms with Gasteiger partial charge in [0.25, 0.3) is 0 Å². The Hall–Kier alpha value is -2.34. The van der Waals surface area contributed by atoms with Crippen LogP contribution in [0.4, 0.5) is 11.5 Å². The number of amides is 2. The summed E-state index contributed by atoms with van der Waals surface area (Å²) in [5, 5.41) is 7.98. The van der Waals surface area contributed by atoms with Crippen molar-refractivity contribution in [1.29, 1.82) is 0 Å². The smallest absolute Gasteiger partial charge is 0.242 e. The van der Waals surface area contributed by atoms with Gasteiger partial charge >= 0.3 is 0 Å². The van der Waals surface area contributed by atoms with Crippen LogP contribution in [0.1, 0.15) is 52.2 Å². The third-order valence-electron chi connectivity index (χ3n) is 5.42. The molecule has 7 heteroatoms. The average molecular weight is 401 g/mol. The van der Waals surface area contributed by atoms with Crippen molar-refractivity contribution in [2.24, 2.45) is 5.92 Å². The van der Waals surface area contributed by atoms with Crippen LogP contribution in [0.2, 0.25) is 5.02 Å². The van der Waals surface area contributed by atoms with Gasteiger partial charge < -0.3 is 10.2 Å². The van der Waals surface area contributed by atoms with Crippen LogP contribution >= 0.6 is 11.6 Å². The fraction of sp³-hybridized carbons (Fsp3) is 0.476. The number of carbonyl (C=O) groups excluding carboxylic acids is 2. The summed E-state index contributed by atoms with van der Waals surface area (Å²) in [4.78, 5) is 28.4. The molecule has 1 unspecified atom stereocenters. The molecule has 2 aliphatic heterocycles. The van der Waals surface area contributed by atoms with Crippen molar-refractivity contribution in [1.82, 2.24) is 9.78 Å². The molecule has 2 amide bonds. The predicted octanol–water partition coefficient (Wildman–Crippen LogP) is 3.92. The van der Waals surface area contributed by atoms with Gasteiger partial charge in [-0.1, -0.05) is 31.5 Å². The molecule has 0 aliphatic carbocycles. The van der Waals surface area contributed by atoms with E-state index < -0.39 is 5.41 Å². The van der Waals surface area contributed by atoms with Crippen molar-refractivity contribution in [3.63, 3.8) is 0 Å². The van der Waals surface area contributed by atoms with Gasteiger partial charge in [0.15, 0.2) is 0 Å². The van der Waals surface area contributed by atoms with E-state index in [1.165, 1.54) is 0 Å². The molecule has 2 aliphatic rings. The Morgan fingerprint density at radius 2 is 2.00 bits per heavy atom. The monoisotopic (exact) mass is 400 g/mol. The minimum Gasteiger partial charge on any atom is -0.311 e. The molecule has 0 saturated heterocycles. The topological polar surface area (TPSA) is 67.2 Å². The molecule has 148 valence electrons. The van der Waals surface area contributed by atoms with Gasteiger partial charge in [0.05, 0.1) is 11.7 Å². The molecule has 28 heavy (non-hydrogen) atoms. The lowest BCUT2D eigenvalue weighted by molar-refractivity contribution is -0.126. The molecule has 1 aromatic heterocycles. The number of hydrogen-bond donors (Lipinski definition) is 1. The van der Waals surface area contributed by atoms with Crippen molar-refractivity contribution in [2.45, 2.75) is 52.0 Å². The van der Waals surface area contributed by atoms with E-state index in [1.54, 1.807) is 21.8 Å². The quantitative estimate of drug-likeness (QED) is 0.830. The van der Waals surface area contributed by atoms with Crippen molar-refractivity contribution in [3.05, 3.63) is 40.5 Å². The highest BCUT2D eigenvalue weighted by Gasteiger charge is 2.58. The van der Waals surface area contributed by atoms with E-state index in [-0.39, 0.29) is 29.7 Å². The van der Waals surface area contributed by atoms with Gasteiger partial charge in [0, 0.05) is 34.8 Å². The maximum absolute atomic E-state index is 13.8. The maximum Gasteiger partial charge on any atom is 0.242 e. The number of nitrogens with zero attached hydrogens (tertiary/aromatic N) is 3. The second-order valence-electron chi connectivity index (χ2n) is 9.06. The fourth-order valence-electron chi connectivity index (χ4n) is 4.37. The Bertz CT molecular complexity index is 989. The molecule has 1 atom stereocenters. The van der Waals surface area contributed by atoms with Crippen LogP contribution in [0.15, 0.2) is 24.4 Å². The Balaban J connectivity index is 2.02. The minimum atomic E-state index is -1.14. The number of benzene rings is 1. The van der Waals surface area contributed by atoms with Crippen LogP contribution in [0, 0.1) is 5.92 Å². The number of aromatic nitrogens is 2. The molecule has 2 aromatic rings. The highest BCUT2D eigenvalue weighted by atomic mass is 35.5. The van der Waals surface area contributed by atoms with Gasteiger partial charge in [-0.2, -0.15) is 5.10 Å². The molecule has 0 fully saturated rings. The number of anilines is 2. The van der Waals surface area contributed by atoms with Crippen molar-refractivity contribution >= 4 is 34.9 Å². The SMILES string of the molecule is CC(C)CN1C(=O)C2(CC(=O)Nc3c2cnn3C(C)(C)C)c2c(Cl)cccc21. The van der Waals surface area contributed by atoms with E-state index in [1.807, 2.05) is 32.9 Å². The second-order valence-corrected chi connectivity index (χ2v) is 9.47. The third-order valence-corrected chi connectivity index (χ3v) is 5.73. The van der Waals surface area contributed by atoms with Crippen LogP contribution in [-0.4, -0.2) is 28.1 Å². The van der Waals surface area contributed by atoms with Gasteiger partial charge in [0.2, 0.25) is 11.8 Å². The molecule has 1 N–H and O–H groups in total. The van der Waals surface area contributed by atoms with Crippen LogP contribution in [0.3, 0.4) is 0 Å². The summed E-state index contributed by atoms with van der Waals surface area (Å²) in [5.74, 6) is 0.549. The van der Waals surface area contributed by atoms with Crippen molar-refractivity contribution in [3.8, 4) is 0 Å². The average Bonchev–Trinajstić information content (AvgIpc) is 3.10. The number of halogens is 1. The predicted molar refractivity (Wildman–Crippen MR) is 110 cm³/mol. The highest BCUT2D eigenvalue weighted by molar-refractivity contribution is 6.33. The summed E-state index contributed by atoms with van der Waals surface area (Å²) >= 11 is 6.63. The fourth-order valence-corrected chi connectivity index (χ4v) is 4.70. The summed E-state index contributed by atoms with van der Waals surface area (Å²) in [6, 6.07) is 5.55. The zero-order chi connectivity index (χ0) is 20.4. The summed E-state index contributed by atoms with van der Waals surface area (Å²) in [6.45, 7) is 10.7. The molecular formula is C21H25ClN4O2. The summed E-state index contributed by atoms with van der Waals surface area (Å²) < 4.78 is 1.77. The standard InChI is InChI=1S/C21H25ClN4O2/c1-12(2)11-25-15-8-6-7-14(22)17(15)21(19(25)28)9-16(27)24-18-13(21)10-23-26(18)20(3,4)5/h6-8,10,12H,9,11H2,1-5H3,(H,24,27). The lowest BCUT2D eigenvalue weighted by atomic mass is 9.71. The Morgan fingerprint density at radius 1 is 1.29 bits per heavy atom. The summed E-state index contributed by atoms with van der Waals surface area (Å²) in [5.41, 5.74) is 0.737. The second kappa shape index (κ2) is 6.08. The minimum absolute atomic E-state index is 0.0278. The first kappa shape index (κ1) is 19.0. The van der Waals surface area contributed by atoms with Crippen LogP contribution in [0.5, 0.6) is 0 Å². The molecule has 0 saturated carbocycles. The van der Waals surface area contributed by atoms with Gasteiger partial charge in [-0.05, 0) is 38.8 Å². The van der Waals surface area contributed by atoms with E-state index in [0.717, 1.165) is 5.69 Å². The number of rotatable bonds is 2. The first-order valence-corrected chi connectivity index (χ1v) is 9.95. The molecule has 1 spiro atoms. The van der Waals surface area contributed by atoms with Crippen molar-refractivity contribution in [2.75, 3.05) is 16.8 Å². The molecule has 1 aromatic carbocycles. The molecule has 4 rings (SSSR count). The van der Waals surface area contributed by atoms with Gasteiger partial charge in [-0.3, -0.25) is 9.59 Å². The largest absolute Gasteiger partial charge is 0.311 e. The van der Waals surface area contributed by atoms with E-state index >= 15 is 0 Å². The number of carbonyl (C=O) groups is 2. The van der Waals surface area contributed by atoms with E-state index in [4.69, 9.17) is 11.6 Å². The first-order valence-electron chi connectivity index (χ1n) is 9.57. The number of nitrogens with one attached hydrogen (secondary N) is 1. The lowest BCUT2D eigenvalue weighted by Crippen LogP contribution is -2.47. The molecule has 0 radical (unpaired) electrons. The summed E-state index contributed by atoms with van der Waals surface area (Å²) in [7, 11) is 0. The Morgan fingerprint density at radius 3 is 2.64 bits per heavy atom. The van der Waals surface area contributed by atoms with E-state index in [9.17, 15) is 9.59 Å². The zero-order valence-corrected chi connectivity index (χ0v) is 17.6. The van der Waals surface area contributed by atoms with Crippen molar-refractivity contribution < 1.29 is 9.59 Å². The van der Waals surface area contributed by atoms with E-state index in [0.29, 0.717) is 28.5 Å².